The van der Waals surface area contributed by atoms with Crippen molar-refractivity contribution in [3.63, 3.8) is 0 Å². The van der Waals surface area contributed by atoms with Crippen molar-refractivity contribution in [1.29, 1.82) is 0 Å². The molecule has 1 aromatic carbocycles. The second-order valence-electron chi connectivity index (χ2n) is 6.32. The van der Waals surface area contributed by atoms with Crippen LogP contribution in [-0.4, -0.2) is 16.3 Å². The minimum atomic E-state index is -0.146. The van der Waals surface area contributed by atoms with Crippen LogP contribution >= 0.6 is 0 Å². The molecule has 1 aliphatic rings. The Balaban J connectivity index is 1.99. The molecule has 0 aliphatic heterocycles. The van der Waals surface area contributed by atoms with Gasteiger partial charge < -0.3 is 10.2 Å². The van der Waals surface area contributed by atoms with Gasteiger partial charge in [-0.05, 0) is 54.6 Å². The highest BCUT2D eigenvalue weighted by Gasteiger charge is 2.30. The number of rotatable bonds is 4. The third-order valence-electron chi connectivity index (χ3n) is 4.63. The van der Waals surface area contributed by atoms with Crippen molar-refractivity contribution in [1.82, 2.24) is 0 Å². The van der Waals surface area contributed by atoms with E-state index < -0.39 is 0 Å². The van der Waals surface area contributed by atoms with Crippen LogP contribution in [0.15, 0.2) is 24.3 Å². The first kappa shape index (κ1) is 14.5. The van der Waals surface area contributed by atoms with E-state index in [1.54, 1.807) is 0 Å². The van der Waals surface area contributed by atoms with Crippen molar-refractivity contribution in [3.8, 4) is 0 Å². The Labute approximate surface area is 116 Å². The standard InChI is InChI=1S/C17H26O2/c1-12(2)15-7-8-17(19)16(10-15)9-13-3-5-14(11-18)6-4-13/h3-6,12,15-19H,7-11H2,1-2H3. The topological polar surface area (TPSA) is 40.5 Å². The molecule has 2 nitrogen and oxygen atoms in total. The number of benzene rings is 1. The van der Waals surface area contributed by atoms with Crippen molar-refractivity contribution < 1.29 is 10.2 Å². The van der Waals surface area contributed by atoms with Crippen LogP contribution < -0.4 is 0 Å². The predicted molar refractivity (Wildman–Crippen MR) is 77.7 cm³/mol. The summed E-state index contributed by atoms with van der Waals surface area (Å²) in [5, 5.41) is 19.2. The molecule has 0 amide bonds. The number of hydrogen-bond donors (Lipinski definition) is 2. The van der Waals surface area contributed by atoms with Crippen molar-refractivity contribution in [2.24, 2.45) is 17.8 Å². The zero-order valence-electron chi connectivity index (χ0n) is 12.0. The van der Waals surface area contributed by atoms with Gasteiger partial charge in [0.15, 0.2) is 0 Å². The first-order valence-electron chi connectivity index (χ1n) is 7.47. The molecule has 2 heteroatoms. The molecular weight excluding hydrogens is 236 g/mol. The minimum Gasteiger partial charge on any atom is -0.393 e. The molecule has 2 N–H and O–H groups in total. The van der Waals surface area contributed by atoms with E-state index in [-0.39, 0.29) is 12.7 Å². The molecule has 106 valence electrons. The Morgan fingerprint density at radius 2 is 1.74 bits per heavy atom. The molecule has 1 saturated carbocycles. The van der Waals surface area contributed by atoms with Gasteiger partial charge in [-0.3, -0.25) is 0 Å². The zero-order chi connectivity index (χ0) is 13.8. The quantitative estimate of drug-likeness (QED) is 0.875. The van der Waals surface area contributed by atoms with Crippen LogP contribution in [0.2, 0.25) is 0 Å². The SMILES string of the molecule is CC(C)C1CCC(O)C(Cc2ccc(CO)cc2)C1. The van der Waals surface area contributed by atoms with E-state index in [2.05, 4.69) is 26.0 Å². The Bertz CT molecular complexity index is 383. The summed E-state index contributed by atoms with van der Waals surface area (Å²) in [6.07, 6.45) is 4.06. The van der Waals surface area contributed by atoms with E-state index in [4.69, 9.17) is 5.11 Å². The molecule has 3 unspecified atom stereocenters. The molecule has 0 saturated heterocycles. The first-order valence-corrected chi connectivity index (χ1v) is 7.47. The maximum atomic E-state index is 10.2. The van der Waals surface area contributed by atoms with Gasteiger partial charge in [0, 0.05) is 0 Å². The largest absolute Gasteiger partial charge is 0.393 e. The van der Waals surface area contributed by atoms with Crippen LogP contribution in [0.1, 0.15) is 44.2 Å². The lowest BCUT2D eigenvalue weighted by atomic mass is 9.73. The van der Waals surface area contributed by atoms with Crippen LogP contribution in [0.4, 0.5) is 0 Å². The van der Waals surface area contributed by atoms with Gasteiger partial charge in [-0.15, -0.1) is 0 Å². The van der Waals surface area contributed by atoms with Gasteiger partial charge >= 0.3 is 0 Å². The van der Waals surface area contributed by atoms with Gasteiger partial charge in [0.05, 0.1) is 12.7 Å². The smallest absolute Gasteiger partial charge is 0.0681 e. The van der Waals surface area contributed by atoms with E-state index >= 15 is 0 Å². The van der Waals surface area contributed by atoms with Crippen molar-refractivity contribution >= 4 is 0 Å². The summed E-state index contributed by atoms with van der Waals surface area (Å²) < 4.78 is 0. The Morgan fingerprint density at radius 1 is 1.11 bits per heavy atom. The maximum absolute atomic E-state index is 10.2. The first-order chi connectivity index (χ1) is 9.10. The predicted octanol–water partition coefficient (Wildman–Crippen LogP) is 3.15. The summed E-state index contributed by atoms with van der Waals surface area (Å²) in [7, 11) is 0. The van der Waals surface area contributed by atoms with Gasteiger partial charge in [0.25, 0.3) is 0 Å². The molecule has 3 atom stereocenters. The zero-order valence-corrected chi connectivity index (χ0v) is 12.0. The summed E-state index contributed by atoms with van der Waals surface area (Å²) in [5.41, 5.74) is 2.22. The molecular formula is C17H26O2. The fraction of sp³-hybridized carbons (Fsp3) is 0.647. The second-order valence-corrected chi connectivity index (χ2v) is 6.32. The summed E-state index contributed by atoms with van der Waals surface area (Å²) >= 11 is 0. The van der Waals surface area contributed by atoms with Crippen molar-refractivity contribution in [2.75, 3.05) is 0 Å². The second kappa shape index (κ2) is 6.53. The van der Waals surface area contributed by atoms with Gasteiger partial charge in [-0.1, -0.05) is 38.1 Å². The lowest BCUT2D eigenvalue weighted by molar-refractivity contribution is 0.0378. The lowest BCUT2D eigenvalue weighted by Gasteiger charge is -2.35. The molecule has 0 spiro atoms. The Kier molecular flexibility index (Phi) is 5.00. The fourth-order valence-corrected chi connectivity index (χ4v) is 3.19. The van der Waals surface area contributed by atoms with Crippen LogP contribution in [-0.2, 0) is 13.0 Å². The molecule has 2 rings (SSSR count). The van der Waals surface area contributed by atoms with Crippen molar-refractivity contribution in [2.45, 2.75) is 52.2 Å². The average Bonchev–Trinajstić information content (AvgIpc) is 2.42. The molecule has 19 heavy (non-hydrogen) atoms. The Hall–Kier alpha value is -0.860. The van der Waals surface area contributed by atoms with Crippen LogP contribution in [0.5, 0.6) is 0 Å². The average molecular weight is 262 g/mol. The lowest BCUT2D eigenvalue weighted by Crippen LogP contribution is -2.32. The Morgan fingerprint density at radius 3 is 2.32 bits per heavy atom. The van der Waals surface area contributed by atoms with Gasteiger partial charge in [0.1, 0.15) is 0 Å². The summed E-state index contributed by atoms with van der Waals surface area (Å²) in [5.74, 6) is 1.86. The molecule has 1 fully saturated rings. The maximum Gasteiger partial charge on any atom is 0.0681 e. The number of aliphatic hydroxyl groups excluding tert-OH is 2. The number of hydrogen-bond acceptors (Lipinski definition) is 2. The minimum absolute atomic E-state index is 0.0990. The fourth-order valence-electron chi connectivity index (χ4n) is 3.19. The van der Waals surface area contributed by atoms with Crippen LogP contribution in [0.25, 0.3) is 0 Å². The highest BCUT2D eigenvalue weighted by atomic mass is 16.3. The van der Waals surface area contributed by atoms with E-state index in [0.717, 1.165) is 30.7 Å². The van der Waals surface area contributed by atoms with Crippen molar-refractivity contribution in [3.05, 3.63) is 35.4 Å². The van der Waals surface area contributed by atoms with E-state index in [1.165, 1.54) is 12.0 Å². The summed E-state index contributed by atoms with van der Waals surface area (Å²) in [4.78, 5) is 0. The third kappa shape index (κ3) is 3.80. The van der Waals surface area contributed by atoms with E-state index in [0.29, 0.717) is 11.8 Å². The van der Waals surface area contributed by atoms with Crippen LogP contribution in [0, 0.1) is 17.8 Å². The summed E-state index contributed by atoms with van der Waals surface area (Å²) in [6.45, 7) is 4.67. The van der Waals surface area contributed by atoms with E-state index in [1.807, 2.05) is 12.1 Å². The normalized spacial score (nSPS) is 27.7. The van der Waals surface area contributed by atoms with Crippen LogP contribution in [0.3, 0.4) is 0 Å². The number of aliphatic hydroxyl groups is 2. The van der Waals surface area contributed by atoms with Gasteiger partial charge in [-0.25, -0.2) is 0 Å². The highest BCUT2D eigenvalue weighted by Crippen LogP contribution is 2.35. The molecule has 0 aromatic heterocycles. The molecule has 1 aliphatic carbocycles. The molecule has 0 bridgehead atoms. The molecule has 0 radical (unpaired) electrons. The summed E-state index contributed by atoms with van der Waals surface area (Å²) in [6, 6.07) is 8.11. The molecule has 1 aromatic rings. The molecule has 0 heterocycles. The van der Waals surface area contributed by atoms with Gasteiger partial charge in [0.2, 0.25) is 0 Å². The van der Waals surface area contributed by atoms with Gasteiger partial charge in [-0.2, -0.15) is 0 Å². The third-order valence-corrected chi connectivity index (χ3v) is 4.63. The monoisotopic (exact) mass is 262 g/mol. The van der Waals surface area contributed by atoms with E-state index in [9.17, 15) is 5.11 Å². The highest BCUT2D eigenvalue weighted by molar-refractivity contribution is 5.22.